The van der Waals surface area contributed by atoms with E-state index in [1.807, 2.05) is 0 Å². The molecule has 11 heteroatoms. The van der Waals surface area contributed by atoms with Gasteiger partial charge in [-0.25, -0.2) is 8.42 Å². The van der Waals surface area contributed by atoms with Crippen LogP contribution in [0, 0.1) is 0 Å². The first-order chi connectivity index (χ1) is 8.80. The lowest BCUT2D eigenvalue weighted by Gasteiger charge is -2.17. The maximum absolute atomic E-state index is 12.7. The number of carbonyl (C=O) groups excluding carboxylic acids is 1. The molecule has 3 nitrogen and oxygen atoms in total. The Balaban J connectivity index is 3.94. The largest absolute Gasteiger partial charge is 0.418 e. The van der Waals surface area contributed by atoms with E-state index in [1.165, 1.54) is 0 Å². The minimum Gasteiger partial charge on any atom is -0.298 e. The molecule has 0 aliphatic rings. The van der Waals surface area contributed by atoms with Crippen molar-refractivity contribution in [3.05, 3.63) is 28.8 Å². The van der Waals surface area contributed by atoms with Crippen LogP contribution in [-0.4, -0.2) is 14.7 Å². The first-order valence-electron chi connectivity index (χ1n) is 4.51. The molecule has 0 spiro atoms. The molecule has 1 aromatic carbocycles. The molecule has 0 unspecified atom stereocenters. The summed E-state index contributed by atoms with van der Waals surface area (Å²) in [7, 11) is -0.245. The van der Waals surface area contributed by atoms with Crippen LogP contribution in [0.4, 0.5) is 26.3 Å². The van der Waals surface area contributed by atoms with E-state index in [0.29, 0.717) is 0 Å². The highest BCUT2D eigenvalue weighted by atomic mass is 35.7. The molecule has 0 saturated heterocycles. The Morgan fingerprint density at radius 2 is 1.50 bits per heavy atom. The highest BCUT2D eigenvalue weighted by molar-refractivity contribution is 8.13. The molecule has 0 aromatic heterocycles. The maximum atomic E-state index is 12.7. The molecule has 0 bridgehead atoms. The van der Waals surface area contributed by atoms with E-state index in [1.54, 1.807) is 0 Å². The van der Waals surface area contributed by atoms with Gasteiger partial charge in [0.1, 0.15) is 0 Å². The molecule has 0 fully saturated rings. The lowest BCUT2D eigenvalue weighted by atomic mass is 10.0. The molecule has 0 saturated carbocycles. The van der Waals surface area contributed by atoms with Crippen LogP contribution in [0.5, 0.6) is 0 Å². The fourth-order valence-electron chi connectivity index (χ4n) is 1.46. The molecule has 112 valence electrons. The summed E-state index contributed by atoms with van der Waals surface area (Å²) >= 11 is 0. The Labute approximate surface area is 112 Å². The number of rotatable bonds is 2. The summed E-state index contributed by atoms with van der Waals surface area (Å²) in [5.74, 6) is 0. The highest BCUT2D eigenvalue weighted by Gasteiger charge is 2.44. The number of alkyl halides is 6. The van der Waals surface area contributed by atoms with Crippen LogP contribution in [0.25, 0.3) is 0 Å². The number of carbonyl (C=O) groups is 1. The summed E-state index contributed by atoms with van der Waals surface area (Å²) in [6.45, 7) is 0. The average Bonchev–Trinajstić information content (AvgIpc) is 2.23. The van der Waals surface area contributed by atoms with Gasteiger partial charge < -0.3 is 0 Å². The molecule has 0 aliphatic heterocycles. The zero-order chi connectivity index (χ0) is 15.9. The number of hydrogen-bond acceptors (Lipinski definition) is 3. The van der Waals surface area contributed by atoms with E-state index in [2.05, 4.69) is 0 Å². The zero-order valence-electron chi connectivity index (χ0n) is 9.01. The van der Waals surface area contributed by atoms with Gasteiger partial charge in [-0.3, -0.25) is 4.79 Å². The smallest absolute Gasteiger partial charge is 0.298 e. The van der Waals surface area contributed by atoms with Crippen LogP contribution in [-0.2, 0) is 21.4 Å². The van der Waals surface area contributed by atoms with Crippen molar-refractivity contribution in [1.82, 2.24) is 0 Å². The Hall–Kier alpha value is -1.29. The standard InChI is InChI=1S/C9H3ClF6O3S/c10-20(18,19)6-2-1-5(8(11,12)13)4(3-17)7(6)9(14,15)16/h1-3H. The van der Waals surface area contributed by atoms with Gasteiger partial charge in [0.2, 0.25) is 0 Å². The van der Waals surface area contributed by atoms with Gasteiger partial charge in [-0.2, -0.15) is 26.3 Å². The molecule has 0 aliphatic carbocycles. The van der Waals surface area contributed by atoms with Crippen molar-refractivity contribution in [2.45, 2.75) is 17.2 Å². The Morgan fingerprint density at radius 1 is 1.00 bits per heavy atom. The van der Waals surface area contributed by atoms with Crippen molar-refractivity contribution >= 4 is 26.0 Å². The second kappa shape index (κ2) is 4.92. The van der Waals surface area contributed by atoms with Gasteiger partial charge >= 0.3 is 12.4 Å². The van der Waals surface area contributed by atoms with Crippen LogP contribution >= 0.6 is 10.7 Å². The average molecular weight is 341 g/mol. The lowest BCUT2D eigenvalue weighted by Crippen LogP contribution is -2.19. The molecule has 0 radical (unpaired) electrons. The number of aldehydes is 1. The third-order valence-electron chi connectivity index (χ3n) is 2.18. The molecule has 20 heavy (non-hydrogen) atoms. The van der Waals surface area contributed by atoms with Crippen LogP contribution in [0.15, 0.2) is 17.0 Å². The molecular weight excluding hydrogens is 338 g/mol. The molecule has 0 atom stereocenters. The van der Waals surface area contributed by atoms with Crippen molar-refractivity contribution in [2.24, 2.45) is 0 Å². The van der Waals surface area contributed by atoms with Crippen LogP contribution in [0.2, 0.25) is 0 Å². The Kier molecular flexibility index (Phi) is 4.12. The molecule has 0 heterocycles. The fourth-order valence-corrected chi connectivity index (χ4v) is 2.55. The first-order valence-corrected chi connectivity index (χ1v) is 6.82. The van der Waals surface area contributed by atoms with Crippen molar-refractivity contribution in [1.29, 1.82) is 0 Å². The lowest BCUT2D eigenvalue weighted by molar-refractivity contribution is -0.145. The minimum atomic E-state index is -5.51. The van der Waals surface area contributed by atoms with Crippen molar-refractivity contribution in [2.75, 3.05) is 0 Å². The van der Waals surface area contributed by atoms with E-state index in [9.17, 15) is 39.6 Å². The van der Waals surface area contributed by atoms with Gasteiger partial charge in [0, 0.05) is 16.2 Å². The predicted octanol–water partition coefficient (Wildman–Crippen LogP) is 3.46. The second-order valence-corrected chi connectivity index (χ2v) is 5.99. The Bertz CT molecular complexity index is 647. The van der Waals surface area contributed by atoms with Crippen LogP contribution < -0.4 is 0 Å². The van der Waals surface area contributed by atoms with Gasteiger partial charge in [0.05, 0.1) is 16.0 Å². The van der Waals surface area contributed by atoms with Gasteiger partial charge in [0.15, 0.2) is 6.29 Å². The third kappa shape index (κ3) is 3.23. The number of halogens is 7. The molecular formula is C9H3ClF6O3S. The van der Waals surface area contributed by atoms with Crippen molar-refractivity contribution in [3.8, 4) is 0 Å². The molecule has 0 N–H and O–H groups in total. The predicted molar refractivity (Wildman–Crippen MR) is 54.9 cm³/mol. The van der Waals surface area contributed by atoms with E-state index in [4.69, 9.17) is 10.7 Å². The van der Waals surface area contributed by atoms with E-state index >= 15 is 0 Å². The number of benzene rings is 1. The van der Waals surface area contributed by atoms with Crippen LogP contribution in [0.3, 0.4) is 0 Å². The van der Waals surface area contributed by atoms with Crippen molar-refractivity contribution < 1.29 is 39.6 Å². The summed E-state index contributed by atoms with van der Waals surface area (Å²) in [5, 5.41) is 0. The van der Waals surface area contributed by atoms with E-state index < -0.39 is 49.3 Å². The molecule has 1 rings (SSSR count). The highest BCUT2D eigenvalue weighted by Crippen LogP contribution is 2.42. The first kappa shape index (κ1) is 16.8. The Morgan fingerprint density at radius 3 is 1.80 bits per heavy atom. The number of hydrogen-bond donors (Lipinski definition) is 0. The van der Waals surface area contributed by atoms with Gasteiger partial charge in [-0.15, -0.1) is 0 Å². The third-order valence-corrected chi connectivity index (χ3v) is 3.54. The summed E-state index contributed by atoms with van der Waals surface area (Å²) in [6, 6.07) is 0.106. The SMILES string of the molecule is O=Cc1c(C(F)(F)F)ccc(S(=O)(=O)Cl)c1C(F)(F)F. The monoisotopic (exact) mass is 340 g/mol. The quantitative estimate of drug-likeness (QED) is 0.470. The van der Waals surface area contributed by atoms with E-state index in [-0.39, 0.29) is 12.1 Å². The fraction of sp³-hybridized carbons (Fsp3) is 0.222. The van der Waals surface area contributed by atoms with Crippen LogP contribution in [0.1, 0.15) is 21.5 Å². The summed E-state index contributed by atoms with van der Waals surface area (Å²) < 4.78 is 97.8. The normalized spacial score (nSPS) is 13.3. The molecule has 1 aromatic rings. The second-order valence-electron chi connectivity index (χ2n) is 3.45. The van der Waals surface area contributed by atoms with Gasteiger partial charge in [-0.1, -0.05) is 0 Å². The summed E-state index contributed by atoms with van der Waals surface area (Å²) in [4.78, 5) is 8.97. The summed E-state index contributed by atoms with van der Waals surface area (Å²) in [5.41, 5.74) is -5.96. The van der Waals surface area contributed by atoms with Crippen molar-refractivity contribution in [3.63, 3.8) is 0 Å². The topological polar surface area (TPSA) is 51.2 Å². The van der Waals surface area contributed by atoms with Gasteiger partial charge in [-0.05, 0) is 12.1 Å². The van der Waals surface area contributed by atoms with E-state index in [0.717, 1.165) is 0 Å². The zero-order valence-corrected chi connectivity index (χ0v) is 10.6. The van der Waals surface area contributed by atoms with Gasteiger partial charge in [0.25, 0.3) is 9.05 Å². The maximum Gasteiger partial charge on any atom is 0.418 e. The molecule has 0 amide bonds. The minimum absolute atomic E-state index is 0.0498. The summed E-state index contributed by atoms with van der Waals surface area (Å²) in [6.07, 6.45) is -11.5.